The molecule has 5 heteroatoms. The third kappa shape index (κ3) is 3.99. The molecule has 2 aromatic rings. The van der Waals surface area contributed by atoms with Gasteiger partial charge in [-0.2, -0.15) is 0 Å². The van der Waals surface area contributed by atoms with Crippen molar-refractivity contribution in [1.29, 1.82) is 0 Å². The van der Waals surface area contributed by atoms with Crippen LogP contribution in [0.1, 0.15) is 24.0 Å². The Morgan fingerprint density at radius 1 is 1.17 bits per heavy atom. The summed E-state index contributed by atoms with van der Waals surface area (Å²) in [6.07, 6.45) is 0.432. The van der Waals surface area contributed by atoms with E-state index < -0.39 is 11.6 Å². The van der Waals surface area contributed by atoms with Crippen LogP contribution in [0.4, 0.5) is 8.78 Å². The zero-order valence-electron chi connectivity index (χ0n) is 13.3. The average molecular weight is 321 g/mol. The van der Waals surface area contributed by atoms with Crippen LogP contribution in [0.15, 0.2) is 36.4 Å². The van der Waals surface area contributed by atoms with Crippen molar-refractivity contribution in [3.8, 4) is 11.5 Å². The molecule has 0 amide bonds. The largest absolute Gasteiger partial charge is 0.493 e. The van der Waals surface area contributed by atoms with Crippen molar-refractivity contribution in [2.75, 3.05) is 20.3 Å². The van der Waals surface area contributed by atoms with E-state index in [1.807, 2.05) is 25.1 Å². The van der Waals surface area contributed by atoms with Gasteiger partial charge < -0.3 is 15.2 Å². The first-order valence-electron chi connectivity index (χ1n) is 7.54. The van der Waals surface area contributed by atoms with Gasteiger partial charge in [0.15, 0.2) is 11.5 Å². The van der Waals surface area contributed by atoms with Crippen molar-refractivity contribution in [3.05, 3.63) is 59.2 Å². The SMILES string of the molecule is CCOc1cccc(CC(CN)c2cc(F)ccc2F)c1OC. The summed E-state index contributed by atoms with van der Waals surface area (Å²) in [5, 5.41) is 0. The van der Waals surface area contributed by atoms with Crippen molar-refractivity contribution in [2.24, 2.45) is 5.73 Å². The molecule has 0 fully saturated rings. The minimum atomic E-state index is -0.477. The molecule has 0 radical (unpaired) electrons. The van der Waals surface area contributed by atoms with E-state index >= 15 is 0 Å². The predicted molar refractivity (Wildman–Crippen MR) is 86.0 cm³/mol. The Balaban J connectivity index is 2.35. The number of halogens is 2. The summed E-state index contributed by atoms with van der Waals surface area (Å²) in [5.74, 6) is -0.0549. The van der Waals surface area contributed by atoms with Crippen LogP contribution in [0, 0.1) is 11.6 Å². The Kier molecular flexibility index (Phi) is 5.93. The molecular formula is C18H21F2NO2. The maximum Gasteiger partial charge on any atom is 0.163 e. The van der Waals surface area contributed by atoms with E-state index in [1.165, 1.54) is 6.07 Å². The summed E-state index contributed by atoms with van der Waals surface area (Å²) in [4.78, 5) is 0. The molecule has 124 valence electrons. The summed E-state index contributed by atoms with van der Waals surface area (Å²) in [5.41, 5.74) is 6.92. The van der Waals surface area contributed by atoms with E-state index in [0.717, 1.165) is 17.7 Å². The first kappa shape index (κ1) is 17.2. The molecule has 0 bridgehead atoms. The maximum absolute atomic E-state index is 14.0. The molecule has 3 nitrogen and oxygen atoms in total. The number of para-hydroxylation sites is 1. The second-order valence-corrected chi connectivity index (χ2v) is 5.18. The van der Waals surface area contributed by atoms with Gasteiger partial charge in [0.1, 0.15) is 11.6 Å². The average Bonchev–Trinajstić information content (AvgIpc) is 2.55. The molecule has 2 aromatic carbocycles. The first-order chi connectivity index (χ1) is 11.1. The van der Waals surface area contributed by atoms with Crippen LogP contribution >= 0.6 is 0 Å². The van der Waals surface area contributed by atoms with Gasteiger partial charge in [-0.3, -0.25) is 0 Å². The highest BCUT2D eigenvalue weighted by Gasteiger charge is 2.19. The third-order valence-corrected chi connectivity index (χ3v) is 3.71. The molecule has 0 spiro atoms. The second-order valence-electron chi connectivity index (χ2n) is 5.18. The van der Waals surface area contributed by atoms with Crippen molar-refractivity contribution in [2.45, 2.75) is 19.3 Å². The summed E-state index contributed by atoms with van der Waals surface area (Å²) < 4.78 is 38.4. The quantitative estimate of drug-likeness (QED) is 0.846. The monoisotopic (exact) mass is 321 g/mol. The van der Waals surface area contributed by atoms with Gasteiger partial charge in [0.2, 0.25) is 0 Å². The molecule has 1 atom stereocenters. The lowest BCUT2D eigenvalue weighted by molar-refractivity contribution is 0.308. The fourth-order valence-corrected chi connectivity index (χ4v) is 2.64. The van der Waals surface area contributed by atoms with Crippen LogP contribution in [-0.2, 0) is 6.42 Å². The topological polar surface area (TPSA) is 44.5 Å². The number of hydrogen-bond acceptors (Lipinski definition) is 3. The van der Waals surface area contributed by atoms with Gasteiger partial charge in [0.25, 0.3) is 0 Å². The Morgan fingerprint density at radius 2 is 1.96 bits per heavy atom. The summed E-state index contributed by atoms with van der Waals surface area (Å²) in [6.45, 7) is 2.60. The molecule has 0 aliphatic rings. The summed E-state index contributed by atoms with van der Waals surface area (Å²) in [7, 11) is 1.56. The summed E-state index contributed by atoms with van der Waals surface area (Å²) >= 11 is 0. The molecule has 0 aliphatic heterocycles. The molecule has 1 unspecified atom stereocenters. The molecular weight excluding hydrogens is 300 g/mol. The molecule has 0 aliphatic carbocycles. The number of hydrogen-bond donors (Lipinski definition) is 1. The van der Waals surface area contributed by atoms with Gasteiger partial charge in [-0.1, -0.05) is 12.1 Å². The maximum atomic E-state index is 14.0. The van der Waals surface area contributed by atoms with Gasteiger partial charge in [0, 0.05) is 5.92 Å². The van der Waals surface area contributed by atoms with Gasteiger partial charge in [-0.25, -0.2) is 8.78 Å². The Hall–Kier alpha value is -2.14. The van der Waals surface area contributed by atoms with Crippen LogP contribution in [0.3, 0.4) is 0 Å². The van der Waals surface area contributed by atoms with Crippen LogP contribution < -0.4 is 15.2 Å². The lowest BCUT2D eigenvalue weighted by Gasteiger charge is -2.19. The highest BCUT2D eigenvalue weighted by Crippen LogP contribution is 2.34. The van der Waals surface area contributed by atoms with E-state index in [2.05, 4.69) is 0 Å². The predicted octanol–water partition coefficient (Wildman–Crippen LogP) is 3.66. The number of nitrogens with two attached hydrogens (primary N) is 1. The fraction of sp³-hybridized carbons (Fsp3) is 0.333. The van der Waals surface area contributed by atoms with Crippen LogP contribution in [0.5, 0.6) is 11.5 Å². The molecule has 0 heterocycles. The zero-order chi connectivity index (χ0) is 16.8. The van der Waals surface area contributed by atoms with Gasteiger partial charge in [0.05, 0.1) is 13.7 Å². The van der Waals surface area contributed by atoms with E-state index in [-0.39, 0.29) is 18.0 Å². The molecule has 0 saturated carbocycles. The number of benzene rings is 2. The number of ether oxygens (including phenoxy) is 2. The van der Waals surface area contributed by atoms with Crippen molar-refractivity contribution in [1.82, 2.24) is 0 Å². The minimum absolute atomic E-state index is 0.197. The van der Waals surface area contributed by atoms with Crippen molar-refractivity contribution < 1.29 is 18.3 Å². The van der Waals surface area contributed by atoms with Gasteiger partial charge in [-0.15, -0.1) is 0 Å². The lowest BCUT2D eigenvalue weighted by atomic mass is 9.91. The molecule has 23 heavy (non-hydrogen) atoms. The Bertz CT molecular complexity index is 661. The number of methoxy groups -OCH3 is 1. The number of rotatable bonds is 7. The smallest absolute Gasteiger partial charge is 0.163 e. The lowest BCUT2D eigenvalue weighted by Crippen LogP contribution is -2.17. The van der Waals surface area contributed by atoms with E-state index in [4.69, 9.17) is 15.2 Å². The summed E-state index contributed by atoms with van der Waals surface area (Å²) in [6, 6.07) is 8.96. The molecule has 0 saturated heterocycles. The highest BCUT2D eigenvalue weighted by atomic mass is 19.1. The minimum Gasteiger partial charge on any atom is -0.493 e. The van der Waals surface area contributed by atoms with Gasteiger partial charge >= 0.3 is 0 Å². The molecule has 2 rings (SSSR count). The van der Waals surface area contributed by atoms with Crippen molar-refractivity contribution >= 4 is 0 Å². The fourth-order valence-electron chi connectivity index (χ4n) is 2.64. The van der Waals surface area contributed by atoms with Crippen LogP contribution in [-0.4, -0.2) is 20.3 Å². The van der Waals surface area contributed by atoms with E-state index in [9.17, 15) is 8.78 Å². The second kappa shape index (κ2) is 7.92. The Labute approximate surface area is 135 Å². The zero-order valence-corrected chi connectivity index (χ0v) is 13.3. The van der Waals surface area contributed by atoms with Crippen LogP contribution in [0.25, 0.3) is 0 Å². The highest BCUT2D eigenvalue weighted by molar-refractivity contribution is 5.47. The molecule has 2 N–H and O–H groups in total. The normalized spacial score (nSPS) is 12.0. The molecule has 0 aromatic heterocycles. The van der Waals surface area contributed by atoms with E-state index in [1.54, 1.807) is 7.11 Å². The van der Waals surface area contributed by atoms with E-state index in [0.29, 0.717) is 24.5 Å². The van der Waals surface area contributed by atoms with Crippen LogP contribution in [0.2, 0.25) is 0 Å². The van der Waals surface area contributed by atoms with Crippen molar-refractivity contribution in [3.63, 3.8) is 0 Å². The Morgan fingerprint density at radius 3 is 2.61 bits per heavy atom. The van der Waals surface area contributed by atoms with Gasteiger partial charge in [-0.05, 0) is 55.3 Å². The third-order valence-electron chi connectivity index (χ3n) is 3.71. The standard InChI is InChI=1S/C18H21F2NO2/c1-3-23-17-6-4-5-12(18(17)22-2)9-13(11-21)15-10-14(19)7-8-16(15)20/h4-8,10,13H,3,9,11,21H2,1-2H3. The first-order valence-corrected chi connectivity index (χ1v) is 7.54.